The van der Waals surface area contributed by atoms with Gasteiger partial charge in [0.05, 0.1) is 6.54 Å². The van der Waals surface area contributed by atoms with Gasteiger partial charge in [0.2, 0.25) is 0 Å². The van der Waals surface area contributed by atoms with Gasteiger partial charge in [0.1, 0.15) is 0 Å². The van der Waals surface area contributed by atoms with Crippen LogP contribution in [0, 0.1) is 13.8 Å². The number of likely N-dealkylation sites (N-methyl/N-ethyl adjacent to an activating group) is 1. The predicted octanol–water partition coefficient (Wildman–Crippen LogP) is 3.72. The maximum atomic E-state index is 12.4. The minimum absolute atomic E-state index is 0.177. The topological polar surface area (TPSA) is 25.2 Å². The molecule has 0 aliphatic carbocycles. The molecule has 2 rings (SSSR count). The Hall–Kier alpha value is -1.39. The number of carbonyl (C=O) groups is 1. The summed E-state index contributed by atoms with van der Waals surface area (Å²) in [4.78, 5) is 14.5. The smallest absolute Gasteiger partial charge is 0.178 e. The first-order chi connectivity index (χ1) is 9.88. The Bertz CT molecular complexity index is 644. The van der Waals surface area contributed by atoms with E-state index in [0.717, 1.165) is 28.0 Å². The van der Waals surface area contributed by atoms with E-state index in [1.165, 1.54) is 5.56 Å². The van der Waals surface area contributed by atoms with E-state index in [1.807, 2.05) is 51.0 Å². The van der Waals surface area contributed by atoms with Crippen molar-refractivity contribution in [2.45, 2.75) is 20.4 Å². The monoisotopic (exact) mass is 348 g/mol. The van der Waals surface area contributed by atoms with Crippen LogP contribution in [0.25, 0.3) is 0 Å². The lowest BCUT2D eigenvalue weighted by atomic mass is 10.1. The Morgan fingerprint density at radius 3 is 2.38 bits per heavy atom. The molecule has 0 aliphatic rings. The third-order valence-corrected chi connectivity index (χ3v) is 4.38. The van der Waals surface area contributed by atoms with Crippen molar-refractivity contribution in [2.75, 3.05) is 13.6 Å². The van der Waals surface area contributed by atoms with Gasteiger partial charge in [-0.2, -0.15) is 0 Å². The largest absolute Gasteiger partial charge is 0.351 e. The van der Waals surface area contributed by atoms with Gasteiger partial charge in [0.15, 0.2) is 5.78 Å². The quantitative estimate of drug-likeness (QED) is 0.769. The summed E-state index contributed by atoms with van der Waals surface area (Å²) in [5.41, 5.74) is 4.19. The summed E-state index contributed by atoms with van der Waals surface area (Å²) in [5, 5.41) is 0. The molecular weight excluding hydrogens is 328 g/mol. The summed E-state index contributed by atoms with van der Waals surface area (Å²) in [6.07, 6.45) is 0. The summed E-state index contributed by atoms with van der Waals surface area (Å²) in [6.45, 7) is 5.22. The number of Topliss-reactive ketones (excluding diaryl/α,β-unsaturated/α-hetero) is 1. The van der Waals surface area contributed by atoms with E-state index in [2.05, 4.69) is 32.6 Å². The minimum Gasteiger partial charge on any atom is -0.351 e. The maximum absolute atomic E-state index is 12.4. The van der Waals surface area contributed by atoms with Crippen molar-refractivity contribution in [2.24, 2.45) is 7.05 Å². The van der Waals surface area contributed by atoms with Crippen LogP contribution >= 0.6 is 15.9 Å². The zero-order chi connectivity index (χ0) is 15.6. The molecule has 2 aromatic rings. The van der Waals surface area contributed by atoms with E-state index >= 15 is 0 Å². The lowest BCUT2D eigenvalue weighted by molar-refractivity contribution is 0.0942. The second kappa shape index (κ2) is 6.58. The number of benzene rings is 1. The molecule has 0 spiro atoms. The van der Waals surface area contributed by atoms with Crippen molar-refractivity contribution in [3.05, 3.63) is 57.3 Å². The number of aromatic nitrogens is 1. The second-order valence-electron chi connectivity index (χ2n) is 5.57. The standard InChI is InChI=1S/C17H21BrN2O/c1-12-9-16(13(2)20(12)4)17(21)11-19(3)10-14-5-7-15(18)8-6-14/h5-9H,10-11H2,1-4H3. The van der Waals surface area contributed by atoms with Crippen molar-refractivity contribution in [3.63, 3.8) is 0 Å². The molecule has 4 heteroatoms. The number of nitrogens with zero attached hydrogens (tertiary/aromatic N) is 2. The number of aryl methyl sites for hydroxylation is 1. The van der Waals surface area contributed by atoms with Gasteiger partial charge in [0, 0.05) is 35.0 Å². The highest BCUT2D eigenvalue weighted by Gasteiger charge is 2.15. The van der Waals surface area contributed by atoms with Crippen LogP contribution in [-0.2, 0) is 13.6 Å². The van der Waals surface area contributed by atoms with E-state index in [-0.39, 0.29) is 5.78 Å². The molecule has 0 fully saturated rings. The highest BCUT2D eigenvalue weighted by Crippen LogP contribution is 2.15. The molecule has 21 heavy (non-hydrogen) atoms. The Labute approximate surface area is 134 Å². The number of hydrogen-bond acceptors (Lipinski definition) is 2. The fraction of sp³-hybridized carbons (Fsp3) is 0.353. The first-order valence-corrected chi connectivity index (χ1v) is 7.77. The van der Waals surface area contributed by atoms with Crippen LogP contribution in [0.4, 0.5) is 0 Å². The third kappa shape index (κ3) is 3.83. The normalized spacial score (nSPS) is 11.1. The Morgan fingerprint density at radius 1 is 1.24 bits per heavy atom. The molecule has 1 heterocycles. The highest BCUT2D eigenvalue weighted by molar-refractivity contribution is 9.10. The van der Waals surface area contributed by atoms with Gasteiger partial charge in [-0.1, -0.05) is 28.1 Å². The fourth-order valence-electron chi connectivity index (χ4n) is 2.43. The van der Waals surface area contributed by atoms with Crippen LogP contribution in [0.15, 0.2) is 34.8 Å². The minimum atomic E-state index is 0.177. The van der Waals surface area contributed by atoms with Gasteiger partial charge in [-0.05, 0) is 44.7 Å². The molecule has 0 saturated carbocycles. The zero-order valence-electron chi connectivity index (χ0n) is 13.0. The molecule has 0 N–H and O–H groups in total. The van der Waals surface area contributed by atoms with Crippen LogP contribution in [0.2, 0.25) is 0 Å². The van der Waals surface area contributed by atoms with Crippen molar-refractivity contribution in [3.8, 4) is 0 Å². The first kappa shape index (κ1) is 16.0. The van der Waals surface area contributed by atoms with E-state index in [4.69, 9.17) is 0 Å². The van der Waals surface area contributed by atoms with E-state index in [9.17, 15) is 4.79 Å². The molecule has 1 aromatic heterocycles. The Kier molecular flexibility index (Phi) is 5.01. The van der Waals surface area contributed by atoms with Crippen molar-refractivity contribution < 1.29 is 4.79 Å². The molecule has 0 atom stereocenters. The Morgan fingerprint density at radius 2 is 1.86 bits per heavy atom. The van der Waals surface area contributed by atoms with E-state index < -0.39 is 0 Å². The highest BCUT2D eigenvalue weighted by atomic mass is 79.9. The summed E-state index contributed by atoms with van der Waals surface area (Å²) in [6, 6.07) is 10.2. The number of ketones is 1. The summed E-state index contributed by atoms with van der Waals surface area (Å²) < 4.78 is 3.13. The number of carbonyl (C=O) groups excluding carboxylic acids is 1. The number of halogens is 1. The molecule has 0 bridgehead atoms. The second-order valence-corrected chi connectivity index (χ2v) is 6.48. The van der Waals surface area contributed by atoms with E-state index in [0.29, 0.717) is 6.54 Å². The van der Waals surface area contributed by atoms with Crippen LogP contribution in [0.1, 0.15) is 27.3 Å². The van der Waals surface area contributed by atoms with Gasteiger partial charge in [-0.3, -0.25) is 9.69 Å². The van der Waals surface area contributed by atoms with Crippen molar-refractivity contribution >= 4 is 21.7 Å². The third-order valence-electron chi connectivity index (χ3n) is 3.85. The molecule has 0 amide bonds. The molecule has 0 saturated heterocycles. The fourth-order valence-corrected chi connectivity index (χ4v) is 2.69. The molecular formula is C17H21BrN2O. The summed E-state index contributed by atoms with van der Waals surface area (Å²) in [5.74, 6) is 0.177. The van der Waals surface area contributed by atoms with Crippen LogP contribution in [0.3, 0.4) is 0 Å². The zero-order valence-corrected chi connectivity index (χ0v) is 14.6. The maximum Gasteiger partial charge on any atom is 0.178 e. The van der Waals surface area contributed by atoms with Crippen LogP contribution < -0.4 is 0 Å². The van der Waals surface area contributed by atoms with Gasteiger partial charge in [-0.15, -0.1) is 0 Å². The molecule has 1 aromatic carbocycles. The molecule has 0 radical (unpaired) electrons. The average Bonchev–Trinajstić information content (AvgIpc) is 2.69. The van der Waals surface area contributed by atoms with Gasteiger partial charge < -0.3 is 4.57 Å². The number of rotatable bonds is 5. The van der Waals surface area contributed by atoms with Gasteiger partial charge in [0.25, 0.3) is 0 Å². The van der Waals surface area contributed by atoms with Crippen LogP contribution in [0.5, 0.6) is 0 Å². The molecule has 0 unspecified atom stereocenters. The SMILES string of the molecule is Cc1cc(C(=O)CN(C)Cc2ccc(Br)cc2)c(C)n1C. The first-order valence-electron chi connectivity index (χ1n) is 6.97. The summed E-state index contributed by atoms with van der Waals surface area (Å²) in [7, 11) is 3.97. The van der Waals surface area contributed by atoms with Crippen LogP contribution in [-0.4, -0.2) is 28.8 Å². The van der Waals surface area contributed by atoms with Gasteiger partial charge in [-0.25, -0.2) is 0 Å². The van der Waals surface area contributed by atoms with E-state index in [1.54, 1.807) is 0 Å². The lowest BCUT2D eigenvalue weighted by Crippen LogP contribution is -2.25. The lowest BCUT2D eigenvalue weighted by Gasteiger charge is -2.16. The van der Waals surface area contributed by atoms with Crippen molar-refractivity contribution in [1.82, 2.24) is 9.47 Å². The molecule has 112 valence electrons. The molecule has 0 aliphatic heterocycles. The number of hydrogen-bond donors (Lipinski definition) is 0. The Balaban J connectivity index is 2.01. The summed E-state index contributed by atoms with van der Waals surface area (Å²) >= 11 is 3.43. The van der Waals surface area contributed by atoms with Gasteiger partial charge >= 0.3 is 0 Å². The average molecular weight is 349 g/mol. The molecule has 3 nitrogen and oxygen atoms in total. The van der Waals surface area contributed by atoms with Crippen molar-refractivity contribution in [1.29, 1.82) is 0 Å². The predicted molar refractivity (Wildman–Crippen MR) is 89.7 cm³/mol.